The van der Waals surface area contributed by atoms with Crippen LogP contribution >= 0.6 is 0 Å². The van der Waals surface area contributed by atoms with E-state index in [-0.39, 0.29) is 11.8 Å². The summed E-state index contributed by atoms with van der Waals surface area (Å²) < 4.78 is 5.28. The molecule has 0 saturated carbocycles. The van der Waals surface area contributed by atoms with Crippen LogP contribution in [0, 0.1) is 0 Å². The predicted molar refractivity (Wildman–Crippen MR) is 78.4 cm³/mol. The zero-order valence-corrected chi connectivity index (χ0v) is 11.5. The number of nitrogens with one attached hydrogen (secondary N) is 1. The van der Waals surface area contributed by atoms with Crippen molar-refractivity contribution in [2.45, 2.75) is 12.8 Å². The van der Waals surface area contributed by atoms with Crippen LogP contribution in [-0.4, -0.2) is 22.9 Å². The van der Waals surface area contributed by atoms with E-state index in [0.717, 1.165) is 16.7 Å². The van der Waals surface area contributed by atoms with Gasteiger partial charge < -0.3 is 9.72 Å². The fraction of sp³-hybridized carbons (Fsp3) is 0.188. The van der Waals surface area contributed by atoms with Crippen molar-refractivity contribution in [1.29, 1.82) is 0 Å². The highest BCUT2D eigenvalue weighted by molar-refractivity contribution is 5.86. The second kappa shape index (κ2) is 4.89. The molecule has 1 aliphatic rings. The molecule has 0 atom stereocenters. The van der Waals surface area contributed by atoms with Crippen molar-refractivity contribution >= 4 is 16.8 Å². The Morgan fingerprint density at radius 1 is 1.30 bits per heavy atom. The highest BCUT2D eigenvalue weighted by Gasteiger charge is 2.15. The number of benzene rings is 1. The van der Waals surface area contributed by atoms with Crippen LogP contribution in [0.25, 0.3) is 10.9 Å². The zero-order valence-electron chi connectivity index (χ0n) is 11.5. The summed E-state index contributed by atoms with van der Waals surface area (Å²) in [6, 6.07) is 5.97. The lowest BCUT2D eigenvalue weighted by Crippen LogP contribution is -2.18. The summed E-state index contributed by atoms with van der Waals surface area (Å²) >= 11 is 0. The van der Waals surface area contributed by atoms with E-state index in [1.54, 1.807) is 18.9 Å². The first-order valence-corrected chi connectivity index (χ1v) is 6.49. The fourth-order valence-electron chi connectivity index (χ4n) is 2.43. The molecule has 2 heterocycles. The molecule has 102 valence electrons. The van der Waals surface area contributed by atoms with E-state index in [1.165, 1.54) is 5.56 Å². The van der Waals surface area contributed by atoms with E-state index >= 15 is 0 Å². The Balaban J connectivity index is 1.97. The number of hydrogen-bond donors (Lipinski definition) is 1. The quantitative estimate of drug-likeness (QED) is 0.909. The second-order valence-corrected chi connectivity index (χ2v) is 4.79. The average molecular weight is 268 g/mol. The van der Waals surface area contributed by atoms with Gasteiger partial charge in [0.05, 0.1) is 7.11 Å². The maximum atomic E-state index is 11.3. The number of ether oxygens (including phenoxy) is 1. The minimum atomic E-state index is 0.0107. The van der Waals surface area contributed by atoms with Gasteiger partial charge in [-0.3, -0.25) is 9.69 Å². The van der Waals surface area contributed by atoms with E-state index in [1.807, 2.05) is 48.9 Å². The Bertz CT molecular complexity index is 698. The minimum Gasteiger partial charge on any atom is -0.497 e. The molecule has 0 spiro atoms. The lowest BCUT2D eigenvalue weighted by Gasteiger charge is -2.18. The van der Waals surface area contributed by atoms with E-state index < -0.39 is 0 Å². The first-order chi connectivity index (χ1) is 9.69. The van der Waals surface area contributed by atoms with Crippen LogP contribution in [0.4, 0.5) is 0 Å². The normalized spacial score (nSPS) is 15.0. The van der Waals surface area contributed by atoms with Crippen LogP contribution in [0.3, 0.4) is 0 Å². The number of methoxy groups -OCH3 is 1. The molecule has 20 heavy (non-hydrogen) atoms. The first kappa shape index (κ1) is 12.5. The molecule has 0 radical (unpaired) electrons. The lowest BCUT2D eigenvalue weighted by molar-refractivity contribution is -0.124. The Kier molecular flexibility index (Phi) is 3.06. The smallest absolute Gasteiger partial charge is 0.227 e. The number of amides is 1. The van der Waals surface area contributed by atoms with Crippen LogP contribution in [-0.2, 0) is 4.79 Å². The van der Waals surface area contributed by atoms with Crippen molar-refractivity contribution in [1.82, 2.24) is 9.88 Å². The van der Waals surface area contributed by atoms with Crippen molar-refractivity contribution in [2.24, 2.45) is 0 Å². The molecule has 1 aromatic heterocycles. The van der Waals surface area contributed by atoms with Crippen LogP contribution in [0.5, 0.6) is 5.75 Å². The molecule has 3 rings (SSSR count). The Hall–Kier alpha value is -2.49. The molecule has 4 nitrogen and oxygen atoms in total. The van der Waals surface area contributed by atoms with Gasteiger partial charge in [-0.15, -0.1) is 0 Å². The van der Waals surface area contributed by atoms with E-state index in [9.17, 15) is 4.79 Å². The number of H-pyrrole nitrogens is 1. The van der Waals surface area contributed by atoms with Gasteiger partial charge in [-0.05, 0) is 23.8 Å². The summed E-state index contributed by atoms with van der Waals surface area (Å²) in [4.78, 5) is 16.1. The molecule has 1 aliphatic heterocycles. The van der Waals surface area contributed by atoms with Gasteiger partial charge in [0.15, 0.2) is 0 Å². The van der Waals surface area contributed by atoms with Crippen molar-refractivity contribution in [2.75, 3.05) is 7.11 Å². The van der Waals surface area contributed by atoms with Gasteiger partial charge in [-0.1, -0.05) is 12.2 Å². The average Bonchev–Trinajstić information content (AvgIpc) is 2.90. The van der Waals surface area contributed by atoms with Crippen LogP contribution in [0.1, 0.15) is 18.4 Å². The largest absolute Gasteiger partial charge is 0.497 e. The molecule has 4 heteroatoms. The third kappa shape index (κ3) is 2.09. The van der Waals surface area contributed by atoms with Gasteiger partial charge >= 0.3 is 0 Å². The number of aromatic amines is 1. The van der Waals surface area contributed by atoms with Gasteiger partial charge in [-0.25, -0.2) is 0 Å². The molecular formula is C16H16N2O2. The number of hydrogen-bond acceptors (Lipinski definition) is 2. The molecule has 1 aromatic carbocycles. The summed E-state index contributed by atoms with van der Waals surface area (Å²) in [6.45, 7) is 1.55. The molecule has 0 saturated heterocycles. The van der Waals surface area contributed by atoms with E-state index in [0.29, 0.717) is 0 Å². The number of carbonyl (C=O) groups excluding carboxylic acids is 1. The molecule has 0 aliphatic carbocycles. The van der Waals surface area contributed by atoms with Crippen LogP contribution in [0.2, 0.25) is 0 Å². The van der Waals surface area contributed by atoms with E-state index in [2.05, 4.69) is 4.98 Å². The molecular weight excluding hydrogens is 252 g/mol. The minimum absolute atomic E-state index is 0.0107. The van der Waals surface area contributed by atoms with Crippen LogP contribution < -0.4 is 4.74 Å². The molecule has 0 bridgehead atoms. The summed E-state index contributed by atoms with van der Waals surface area (Å²) in [5.74, 6) is 1.01. The maximum Gasteiger partial charge on any atom is 0.227 e. The standard InChI is InChI=1S/C16H16N2O2/c1-11(19)18-7-5-12(6-8-18)15-10-17-16-4-3-13(20-2)9-14(15)16/h3-10,12,17H,1-2H3. The molecule has 1 N–H and O–H groups in total. The Morgan fingerprint density at radius 3 is 2.70 bits per heavy atom. The summed E-state index contributed by atoms with van der Waals surface area (Å²) in [5.41, 5.74) is 2.26. The van der Waals surface area contributed by atoms with Crippen molar-refractivity contribution < 1.29 is 9.53 Å². The topological polar surface area (TPSA) is 45.3 Å². The Labute approximate surface area is 117 Å². The van der Waals surface area contributed by atoms with Crippen molar-refractivity contribution in [3.05, 3.63) is 54.5 Å². The number of rotatable bonds is 2. The molecule has 1 amide bonds. The summed E-state index contributed by atoms with van der Waals surface area (Å²) in [7, 11) is 1.67. The monoisotopic (exact) mass is 268 g/mol. The highest BCUT2D eigenvalue weighted by atomic mass is 16.5. The SMILES string of the molecule is COc1ccc2[nH]cc(C3C=CN(C(C)=O)C=C3)c2c1. The lowest BCUT2D eigenvalue weighted by atomic mass is 9.97. The summed E-state index contributed by atoms with van der Waals surface area (Å²) in [5, 5.41) is 1.14. The first-order valence-electron chi connectivity index (χ1n) is 6.49. The van der Waals surface area contributed by atoms with Crippen LogP contribution in [0.15, 0.2) is 48.9 Å². The number of carbonyl (C=O) groups is 1. The Morgan fingerprint density at radius 2 is 2.05 bits per heavy atom. The number of allylic oxidation sites excluding steroid dienone is 2. The molecule has 2 aromatic rings. The maximum absolute atomic E-state index is 11.3. The van der Waals surface area contributed by atoms with Gasteiger partial charge in [0.2, 0.25) is 5.91 Å². The molecule has 0 unspecified atom stereocenters. The number of nitrogens with zero attached hydrogens (tertiary/aromatic N) is 1. The van der Waals surface area contributed by atoms with Gasteiger partial charge in [-0.2, -0.15) is 0 Å². The van der Waals surface area contributed by atoms with Crippen molar-refractivity contribution in [3.63, 3.8) is 0 Å². The number of aromatic nitrogens is 1. The highest BCUT2D eigenvalue weighted by Crippen LogP contribution is 2.31. The molecule has 0 fully saturated rings. The second-order valence-electron chi connectivity index (χ2n) is 4.79. The fourth-order valence-corrected chi connectivity index (χ4v) is 2.43. The third-order valence-electron chi connectivity index (χ3n) is 3.55. The predicted octanol–water partition coefficient (Wildman–Crippen LogP) is 3.15. The summed E-state index contributed by atoms with van der Waals surface area (Å²) in [6.07, 6.45) is 9.66. The van der Waals surface area contributed by atoms with E-state index in [4.69, 9.17) is 4.74 Å². The third-order valence-corrected chi connectivity index (χ3v) is 3.55. The zero-order chi connectivity index (χ0) is 14.1. The van der Waals surface area contributed by atoms with Gasteiger partial charge in [0, 0.05) is 42.3 Å². The van der Waals surface area contributed by atoms with Gasteiger partial charge in [0.1, 0.15) is 5.75 Å². The van der Waals surface area contributed by atoms with Crippen molar-refractivity contribution in [3.8, 4) is 5.75 Å². The number of fused-ring (bicyclic) bond motifs is 1. The van der Waals surface area contributed by atoms with Gasteiger partial charge in [0.25, 0.3) is 0 Å².